The average Bonchev–Trinajstić information content (AvgIpc) is 2.27. The number of carboxylic acid groups (broad SMARTS) is 1. The number of hydrogen-bond donors (Lipinski definition) is 4. The third kappa shape index (κ3) is 11.6. The zero-order chi connectivity index (χ0) is 13.8. The highest BCUT2D eigenvalue weighted by Crippen LogP contribution is 2.08. The standard InChI is InChI=1S/C9H21NO3.C2H4O2/c1-3-8(12)10(6-5-7-11)9(13)4-2;1-2(3)4/h8-9,11-13H,3-7H2,1-2H3;1H3,(H,3,4). The van der Waals surface area contributed by atoms with Crippen LogP contribution in [-0.2, 0) is 4.79 Å². The molecule has 6 nitrogen and oxygen atoms in total. The van der Waals surface area contributed by atoms with Crippen LogP contribution in [0.25, 0.3) is 0 Å². The van der Waals surface area contributed by atoms with E-state index in [0.29, 0.717) is 25.8 Å². The van der Waals surface area contributed by atoms with Crippen molar-refractivity contribution in [3.05, 3.63) is 0 Å². The minimum Gasteiger partial charge on any atom is -0.481 e. The van der Waals surface area contributed by atoms with Crippen LogP contribution in [0.15, 0.2) is 0 Å². The second kappa shape index (κ2) is 11.8. The van der Waals surface area contributed by atoms with Crippen molar-refractivity contribution in [3.63, 3.8) is 0 Å². The van der Waals surface area contributed by atoms with Crippen LogP contribution in [0.3, 0.4) is 0 Å². The SMILES string of the molecule is CC(=O)O.CCC(O)N(CCCO)C(O)CC. The molecule has 0 aromatic rings. The lowest BCUT2D eigenvalue weighted by Gasteiger charge is -2.30. The third-order valence-corrected chi connectivity index (χ3v) is 2.07. The summed E-state index contributed by atoms with van der Waals surface area (Å²) in [4.78, 5) is 10.6. The van der Waals surface area contributed by atoms with Crippen LogP contribution in [0, 0.1) is 0 Å². The number of aliphatic carboxylic acids is 1. The van der Waals surface area contributed by atoms with E-state index >= 15 is 0 Å². The van der Waals surface area contributed by atoms with E-state index in [1.807, 2.05) is 13.8 Å². The normalized spacial score (nSPS) is 13.8. The summed E-state index contributed by atoms with van der Waals surface area (Å²) in [5.41, 5.74) is 0. The molecule has 0 saturated carbocycles. The van der Waals surface area contributed by atoms with Gasteiger partial charge in [-0.05, 0) is 19.3 Å². The van der Waals surface area contributed by atoms with Crippen molar-refractivity contribution < 1.29 is 25.2 Å². The van der Waals surface area contributed by atoms with Gasteiger partial charge in [0.2, 0.25) is 0 Å². The Bertz CT molecular complexity index is 175. The van der Waals surface area contributed by atoms with Crippen molar-refractivity contribution in [1.82, 2.24) is 4.90 Å². The predicted molar refractivity (Wildman–Crippen MR) is 64.3 cm³/mol. The molecule has 0 radical (unpaired) electrons. The third-order valence-electron chi connectivity index (χ3n) is 2.07. The largest absolute Gasteiger partial charge is 0.481 e. The number of nitrogens with zero attached hydrogens (tertiary/aromatic N) is 1. The first-order valence-electron chi connectivity index (χ1n) is 5.82. The Kier molecular flexibility index (Phi) is 12.9. The molecular weight excluding hydrogens is 226 g/mol. The first kappa shape index (κ1) is 18.7. The van der Waals surface area contributed by atoms with Gasteiger partial charge in [-0.15, -0.1) is 0 Å². The van der Waals surface area contributed by atoms with Crippen LogP contribution in [0.5, 0.6) is 0 Å². The highest BCUT2D eigenvalue weighted by atomic mass is 16.4. The van der Waals surface area contributed by atoms with Crippen molar-refractivity contribution in [1.29, 1.82) is 0 Å². The summed E-state index contributed by atoms with van der Waals surface area (Å²) >= 11 is 0. The van der Waals surface area contributed by atoms with E-state index in [1.54, 1.807) is 4.90 Å². The minimum atomic E-state index is -0.833. The first-order valence-corrected chi connectivity index (χ1v) is 5.82. The Morgan fingerprint density at radius 1 is 1.18 bits per heavy atom. The van der Waals surface area contributed by atoms with Crippen LogP contribution in [0.1, 0.15) is 40.0 Å². The molecule has 0 aromatic heterocycles. The van der Waals surface area contributed by atoms with E-state index < -0.39 is 18.4 Å². The van der Waals surface area contributed by atoms with Gasteiger partial charge in [0.1, 0.15) is 12.5 Å². The fourth-order valence-electron chi connectivity index (χ4n) is 1.22. The summed E-state index contributed by atoms with van der Waals surface area (Å²) in [7, 11) is 0. The summed E-state index contributed by atoms with van der Waals surface area (Å²) < 4.78 is 0. The van der Waals surface area contributed by atoms with Gasteiger partial charge >= 0.3 is 0 Å². The zero-order valence-corrected chi connectivity index (χ0v) is 10.8. The number of rotatable bonds is 7. The number of carboxylic acids is 1. The molecule has 0 fully saturated rings. The van der Waals surface area contributed by atoms with Gasteiger partial charge < -0.3 is 20.4 Å². The smallest absolute Gasteiger partial charge is 0.300 e. The molecule has 0 saturated heterocycles. The fourth-order valence-corrected chi connectivity index (χ4v) is 1.22. The van der Waals surface area contributed by atoms with Crippen LogP contribution >= 0.6 is 0 Å². The van der Waals surface area contributed by atoms with Crippen LogP contribution < -0.4 is 0 Å². The predicted octanol–water partition coefficient (Wildman–Crippen LogP) is 0.218. The maximum atomic E-state index is 9.53. The van der Waals surface area contributed by atoms with Gasteiger partial charge in [-0.2, -0.15) is 0 Å². The van der Waals surface area contributed by atoms with Gasteiger partial charge in [-0.25, -0.2) is 0 Å². The van der Waals surface area contributed by atoms with Crippen molar-refractivity contribution in [3.8, 4) is 0 Å². The molecule has 2 atom stereocenters. The van der Waals surface area contributed by atoms with Gasteiger partial charge in [-0.3, -0.25) is 9.69 Å². The van der Waals surface area contributed by atoms with Gasteiger partial charge in [0.05, 0.1) is 0 Å². The Balaban J connectivity index is 0. The lowest BCUT2D eigenvalue weighted by atomic mass is 10.2. The number of aliphatic hydroxyl groups is 3. The molecule has 0 aliphatic carbocycles. The lowest BCUT2D eigenvalue weighted by Crippen LogP contribution is -2.43. The average molecular weight is 251 g/mol. The van der Waals surface area contributed by atoms with Gasteiger partial charge in [0.25, 0.3) is 5.97 Å². The molecule has 0 heterocycles. The molecule has 0 rings (SSSR count). The number of aliphatic hydroxyl groups excluding tert-OH is 3. The quantitative estimate of drug-likeness (QED) is 0.483. The summed E-state index contributed by atoms with van der Waals surface area (Å²) in [5, 5.41) is 35.1. The Morgan fingerprint density at radius 3 is 1.76 bits per heavy atom. The van der Waals surface area contributed by atoms with Crippen LogP contribution in [0.4, 0.5) is 0 Å². The van der Waals surface area contributed by atoms with E-state index in [-0.39, 0.29) is 6.61 Å². The molecule has 17 heavy (non-hydrogen) atoms. The molecule has 0 aliphatic rings. The zero-order valence-electron chi connectivity index (χ0n) is 10.8. The molecule has 0 bridgehead atoms. The highest BCUT2D eigenvalue weighted by Gasteiger charge is 2.19. The minimum absolute atomic E-state index is 0.0867. The molecule has 0 aliphatic heterocycles. The Labute approximate surface area is 102 Å². The summed E-state index contributed by atoms with van der Waals surface area (Å²) in [6, 6.07) is 0. The topological polar surface area (TPSA) is 101 Å². The maximum Gasteiger partial charge on any atom is 0.300 e. The second-order valence-corrected chi connectivity index (χ2v) is 3.61. The Morgan fingerprint density at radius 2 is 1.53 bits per heavy atom. The molecule has 2 unspecified atom stereocenters. The van der Waals surface area contributed by atoms with Gasteiger partial charge in [0.15, 0.2) is 0 Å². The van der Waals surface area contributed by atoms with Crippen molar-refractivity contribution in [2.75, 3.05) is 13.2 Å². The molecule has 6 heteroatoms. The van der Waals surface area contributed by atoms with E-state index in [0.717, 1.165) is 6.92 Å². The summed E-state index contributed by atoms with van der Waals surface area (Å²) in [5.74, 6) is -0.833. The molecule has 0 spiro atoms. The molecule has 104 valence electrons. The van der Waals surface area contributed by atoms with Gasteiger partial charge in [-0.1, -0.05) is 13.8 Å². The molecule has 0 amide bonds. The fraction of sp³-hybridized carbons (Fsp3) is 0.909. The number of carbonyl (C=O) groups is 1. The summed E-state index contributed by atoms with van der Waals surface area (Å²) in [6.45, 7) is 5.42. The van der Waals surface area contributed by atoms with Crippen LogP contribution in [0.2, 0.25) is 0 Å². The lowest BCUT2D eigenvalue weighted by molar-refractivity contribution is -0.134. The van der Waals surface area contributed by atoms with Crippen molar-refractivity contribution >= 4 is 5.97 Å². The van der Waals surface area contributed by atoms with E-state index in [4.69, 9.17) is 15.0 Å². The first-order chi connectivity index (χ1) is 7.90. The maximum absolute atomic E-state index is 9.53. The van der Waals surface area contributed by atoms with E-state index in [9.17, 15) is 10.2 Å². The van der Waals surface area contributed by atoms with Crippen LogP contribution in [-0.4, -0.2) is 56.9 Å². The second-order valence-electron chi connectivity index (χ2n) is 3.61. The van der Waals surface area contributed by atoms with Gasteiger partial charge in [0, 0.05) is 20.1 Å². The molecule has 4 N–H and O–H groups in total. The van der Waals surface area contributed by atoms with E-state index in [2.05, 4.69) is 0 Å². The molecule has 0 aromatic carbocycles. The highest BCUT2D eigenvalue weighted by molar-refractivity contribution is 5.62. The van der Waals surface area contributed by atoms with Crippen molar-refractivity contribution in [2.45, 2.75) is 52.5 Å². The number of hydrogen-bond acceptors (Lipinski definition) is 5. The Hall–Kier alpha value is -0.690. The van der Waals surface area contributed by atoms with Crippen molar-refractivity contribution in [2.24, 2.45) is 0 Å². The summed E-state index contributed by atoms with van der Waals surface area (Å²) in [6.07, 6.45) is 0.530. The monoisotopic (exact) mass is 251 g/mol. The van der Waals surface area contributed by atoms with E-state index in [1.165, 1.54) is 0 Å². The molecular formula is C11H25NO5.